The van der Waals surface area contributed by atoms with Gasteiger partial charge in [0.1, 0.15) is 12.4 Å². The fourth-order valence-electron chi connectivity index (χ4n) is 1.41. The molecule has 0 spiro atoms. The highest BCUT2D eigenvalue weighted by atomic mass is 16.2. The summed E-state index contributed by atoms with van der Waals surface area (Å²) < 4.78 is 3.25. The van der Waals surface area contributed by atoms with E-state index < -0.39 is 0 Å². The molecular weight excluding hydrogens is 220 g/mol. The van der Waals surface area contributed by atoms with Crippen molar-refractivity contribution >= 4 is 11.7 Å². The van der Waals surface area contributed by atoms with Gasteiger partial charge in [-0.25, -0.2) is 0 Å². The molecule has 0 unspecified atom stereocenters. The van der Waals surface area contributed by atoms with Crippen LogP contribution in [-0.2, 0) is 17.9 Å². The summed E-state index contributed by atoms with van der Waals surface area (Å²) in [5.74, 6) is 0.314. The Hall–Kier alpha value is -2.31. The molecule has 90 valence electrons. The Labute approximate surface area is 98.2 Å². The van der Waals surface area contributed by atoms with Crippen LogP contribution in [0.1, 0.15) is 0 Å². The molecule has 0 aliphatic carbocycles. The Morgan fingerprint density at radius 1 is 1.41 bits per heavy atom. The van der Waals surface area contributed by atoms with E-state index in [-0.39, 0.29) is 12.5 Å². The molecule has 2 aromatic rings. The molecule has 0 bridgehead atoms. The number of hydrogen-bond donors (Lipinski definition) is 2. The fourth-order valence-corrected chi connectivity index (χ4v) is 1.41. The van der Waals surface area contributed by atoms with Gasteiger partial charge >= 0.3 is 0 Å². The Kier molecular flexibility index (Phi) is 3.39. The van der Waals surface area contributed by atoms with E-state index >= 15 is 0 Å². The molecule has 0 saturated carbocycles. The van der Waals surface area contributed by atoms with Gasteiger partial charge in [-0.3, -0.25) is 14.2 Å². The lowest BCUT2D eigenvalue weighted by Crippen LogP contribution is -2.30. The third-order valence-corrected chi connectivity index (χ3v) is 2.19. The normalized spacial score (nSPS) is 10.4. The summed E-state index contributed by atoms with van der Waals surface area (Å²) >= 11 is 0. The monoisotopic (exact) mass is 234 g/mol. The molecule has 0 fully saturated rings. The molecule has 7 nitrogen and oxygen atoms in total. The second-order valence-electron chi connectivity index (χ2n) is 3.56. The van der Waals surface area contributed by atoms with Crippen LogP contribution in [0.25, 0.3) is 0 Å². The predicted octanol–water partition coefficient (Wildman–Crippen LogP) is -0.522. The SMILES string of the molecule is Nc1ccn(CC(=O)NCCn2cccn2)n1. The molecule has 7 heteroatoms. The zero-order valence-electron chi connectivity index (χ0n) is 9.28. The van der Waals surface area contributed by atoms with Gasteiger partial charge in [0.15, 0.2) is 0 Å². The first kappa shape index (κ1) is 11.2. The van der Waals surface area contributed by atoms with E-state index in [1.54, 1.807) is 23.1 Å². The van der Waals surface area contributed by atoms with E-state index in [2.05, 4.69) is 15.5 Å². The van der Waals surface area contributed by atoms with Crippen LogP contribution in [0.4, 0.5) is 5.82 Å². The number of nitrogens with zero attached hydrogens (tertiary/aromatic N) is 4. The van der Waals surface area contributed by atoms with Crippen LogP contribution in [0.5, 0.6) is 0 Å². The fraction of sp³-hybridized carbons (Fsp3) is 0.300. The Bertz CT molecular complexity index is 475. The minimum Gasteiger partial charge on any atom is -0.382 e. The number of aromatic nitrogens is 4. The summed E-state index contributed by atoms with van der Waals surface area (Å²) in [5, 5.41) is 10.7. The van der Waals surface area contributed by atoms with Crippen molar-refractivity contribution in [3.63, 3.8) is 0 Å². The van der Waals surface area contributed by atoms with Crippen molar-refractivity contribution < 1.29 is 4.79 Å². The van der Waals surface area contributed by atoms with Crippen molar-refractivity contribution in [2.24, 2.45) is 0 Å². The van der Waals surface area contributed by atoms with Crippen molar-refractivity contribution in [2.75, 3.05) is 12.3 Å². The van der Waals surface area contributed by atoms with Gasteiger partial charge in [0.25, 0.3) is 0 Å². The maximum Gasteiger partial charge on any atom is 0.241 e. The molecule has 0 saturated heterocycles. The molecule has 0 aromatic carbocycles. The molecule has 1 amide bonds. The number of carbonyl (C=O) groups is 1. The molecule has 0 atom stereocenters. The van der Waals surface area contributed by atoms with Crippen molar-refractivity contribution in [3.05, 3.63) is 30.7 Å². The average molecular weight is 234 g/mol. The van der Waals surface area contributed by atoms with Gasteiger partial charge in [-0.15, -0.1) is 0 Å². The highest BCUT2D eigenvalue weighted by molar-refractivity contribution is 5.75. The third kappa shape index (κ3) is 3.33. The first-order chi connectivity index (χ1) is 8.24. The number of nitrogens with two attached hydrogens (primary N) is 1. The van der Waals surface area contributed by atoms with Gasteiger partial charge in [0, 0.05) is 25.1 Å². The van der Waals surface area contributed by atoms with Gasteiger partial charge < -0.3 is 11.1 Å². The second kappa shape index (κ2) is 5.15. The largest absolute Gasteiger partial charge is 0.382 e. The maximum atomic E-state index is 11.5. The number of nitrogens with one attached hydrogen (secondary N) is 1. The summed E-state index contributed by atoms with van der Waals surface area (Å²) in [4.78, 5) is 11.5. The summed E-state index contributed by atoms with van der Waals surface area (Å²) in [5.41, 5.74) is 5.44. The number of nitrogen functional groups attached to an aromatic ring is 1. The van der Waals surface area contributed by atoms with Gasteiger partial charge in [-0.1, -0.05) is 0 Å². The Balaban J connectivity index is 1.71. The lowest BCUT2D eigenvalue weighted by atomic mass is 10.5. The van der Waals surface area contributed by atoms with Crippen LogP contribution >= 0.6 is 0 Å². The first-order valence-corrected chi connectivity index (χ1v) is 5.27. The molecule has 2 rings (SSSR count). The van der Waals surface area contributed by atoms with E-state index in [0.29, 0.717) is 18.9 Å². The van der Waals surface area contributed by atoms with Gasteiger partial charge in [0.05, 0.1) is 6.54 Å². The van der Waals surface area contributed by atoms with Crippen molar-refractivity contribution in [1.29, 1.82) is 0 Å². The predicted molar refractivity (Wildman–Crippen MR) is 61.9 cm³/mol. The van der Waals surface area contributed by atoms with Crippen LogP contribution in [-0.4, -0.2) is 32.0 Å². The highest BCUT2D eigenvalue weighted by Gasteiger charge is 2.03. The summed E-state index contributed by atoms with van der Waals surface area (Å²) in [7, 11) is 0. The summed E-state index contributed by atoms with van der Waals surface area (Å²) in [6.07, 6.45) is 5.22. The quantitative estimate of drug-likeness (QED) is 0.728. The highest BCUT2D eigenvalue weighted by Crippen LogP contribution is 1.94. The van der Waals surface area contributed by atoms with Crippen molar-refractivity contribution in [1.82, 2.24) is 24.9 Å². The Morgan fingerprint density at radius 3 is 2.94 bits per heavy atom. The zero-order chi connectivity index (χ0) is 12.1. The number of hydrogen-bond acceptors (Lipinski definition) is 4. The van der Waals surface area contributed by atoms with E-state index in [0.717, 1.165) is 0 Å². The molecule has 3 N–H and O–H groups in total. The number of anilines is 1. The van der Waals surface area contributed by atoms with Crippen LogP contribution < -0.4 is 11.1 Å². The lowest BCUT2D eigenvalue weighted by Gasteiger charge is -2.05. The Morgan fingerprint density at radius 2 is 2.29 bits per heavy atom. The standard InChI is InChI=1S/C10H14N6O/c11-9-2-6-16(14-9)8-10(17)12-4-7-15-5-1-3-13-15/h1-3,5-6H,4,7-8H2,(H2,11,14)(H,12,17). The summed E-state index contributed by atoms with van der Waals surface area (Å²) in [6, 6.07) is 3.49. The lowest BCUT2D eigenvalue weighted by molar-refractivity contribution is -0.121. The molecule has 2 heterocycles. The molecule has 0 aliphatic rings. The van der Waals surface area contributed by atoms with Crippen LogP contribution in [0, 0.1) is 0 Å². The minimum absolute atomic E-state index is 0.0970. The topological polar surface area (TPSA) is 90.8 Å². The van der Waals surface area contributed by atoms with Gasteiger partial charge in [-0.2, -0.15) is 10.2 Å². The molecule has 0 aliphatic heterocycles. The van der Waals surface area contributed by atoms with E-state index in [1.165, 1.54) is 4.68 Å². The maximum absolute atomic E-state index is 11.5. The number of rotatable bonds is 5. The second-order valence-corrected chi connectivity index (χ2v) is 3.56. The van der Waals surface area contributed by atoms with E-state index in [9.17, 15) is 4.79 Å². The van der Waals surface area contributed by atoms with Crippen LogP contribution in [0.3, 0.4) is 0 Å². The van der Waals surface area contributed by atoms with Crippen LogP contribution in [0.2, 0.25) is 0 Å². The average Bonchev–Trinajstić information content (AvgIpc) is 2.90. The number of amides is 1. The molecule has 2 aromatic heterocycles. The minimum atomic E-state index is -0.0970. The van der Waals surface area contributed by atoms with E-state index in [4.69, 9.17) is 5.73 Å². The van der Waals surface area contributed by atoms with Crippen molar-refractivity contribution in [3.8, 4) is 0 Å². The molecule has 17 heavy (non-hydrogen) atoms. The third-order valence-electron chi connectivity index (χ3n) is 2.19. The summed E-state index contributed by atoms with van der Waals surface area (Å²) in [6.45, 7) is 1.37. The van der Waals surface area contributed by atoms with Gasteiger partial charge in [-0.05, 0) is 12.1 Å². The number of carbonyl (C=O) groups excluding carboxylic acids is 1. The van der Waals surface area contributed by atoms with E-state index in [1.807, 2.05) is 12.3 Å². The van der Waals surface area contributed by atoms with Crippen LogP contribution in [0.15, 0.2) is 30.7 Å². The first-order valence-electron chi connectivity index (χ1n) is 5.27. The van der Waals surface area contributed by atoms with Crippen molar-refractivity contribution in [2.45, 2.75) is 13.1 Å². The zero-order valence-corrected chi connectivity index (χ0v) is 9.28. The smallest absolute Gasteiger partial charge is 0.241 e. The molecular formula is C10H14N6O. The van der Waals surface area contributed by atoms with Gasteiger partial charge in [0.2, 0.25) is 5.91 Å². The molecule has 0 radical (unpaired) electrons.